The number of hydrogen-bond donors (Lipinski definition) is 1. The van der Waals surface area contributed by atoms with Gasteiger partial charge in [0.2, 0.25) is 5.91 Å². The molecule has 25 heavy (non-hydrogen) atoms. The maximum Gasteiger partial charge on any atom is 0.256 e. The Hall–Kier alpha value is -3.09. The highest BCUT2D eigenvalue weighted by molar-refractivity contribution is 6.23. The molecule has 0 spiro atoms. The first kappa shape index (κ1) is 16.8. The third kappa shape index (κ3) is 3.26. The minimum absolute atomic E-state index is 0.00535. The van der Waals surface area contributed by atoms with Gasteiger partial charge in [0.15, 0.2) is 0 Å². The van der Waals surface area contributed by atoms with Crippen molar-refractivity contribution in [3.63, 3.8) is 0 Å². The number of rotatable bonds is 5. The second kappa shape index (κ2) is 6.80. The molecule has 2 aromatic rings. The Bertz CT molecular complexity index is 807. The van der Waals surface area contributed by atoms with Crippen molar-refractivity contribution in [1.82, 2.24) is 0 Å². The average molecular weight is 344 g/mol. The van der Waals surface area contributed by atoms with Crippen LogP contribution in [0.15, 0.2) is 42.5 Å². The van der Waals surface area contributed by atoms with Crippen molar-refractivity contribution in [2.24, 2.45) is 0 Å². The minimum Gasteiger partial charge on any atom is -0.497 e. The first-order chi connectivity index (χ1) is 12.0. The summed E-state index contributed by atoms with van der Waals surface area (Å²) in [6.45, 7) is 0. The number of anilines is 2. The SMILES string of the molecule is COc1ccc(NC2CC(=O)N(c3ccc(F)cc3)C2=O)c(OC)c1. The van der Waals surface area contributed by atoms with Gasteiger partial charge in [-0.25, -0.2) is 9.29 Å². The molecule has 1 unspecified atom stereocenters. The number of nitrogens with zero attached hydrogens (tertiary/aromatic N) is 1. The van der Waals surface area contributed by atoms with Crippen LogP contribution >= 0.6 is 0 Å². The fraction of sp³-hybridized carbons (Fsp3) is 0.222. The van der Waals surface area contributed by atoms with Gasteiger partial charge in [-0.15, -0.1) is 0 Å². The molecule has 1 saturated heterocycles. The molecule has 2 aromatic carbocycles. The van der Waals surface area contributed by atoms with Gasteiger partial charge >= 0.3 is 0 Å². The van der Waals surface area contributed by atoms with Gasteiger partial charge in [-0.3, -0.25) is 9.59 Å². The van der Waals surface area contributed by atoms with Crippen LogP contribution in [0.5, 0.6) is 11.5 Å². The highest BCUT2D eigenvalue weighted by atomic mass is 19.1. The quantitative estimate of drug-likeness (QED) is 0.845. The topological polar surface area (TPSA) is 67.9 Å². The van der Waals surface area contributed by atoms with Gasteiger partial charge in [-0.2, -0.15) is 0 Å². The molecule has 1 heterocycles. The minimum atomic E-state index is -0.722. The molecule has 1 atom stereocenters. The Labute approximate surface area is 144 Å². The molecular weight excluding hydrogens is 327 g/mol. The molecule has 6 nitrogen and oxygen atoms in total. The normalized spacial score (nSPS) is 16.9. The second-order valence-electron chi connectivity index (χ2n) is 5.51. The van der Waals surface area contributed by atoms with Gasteiger partial charge in [-0.1, -0.05) is 0 Å². The molecule has 7 heteroatoms. The number of benzene rings is 2. The van der Waals surface area contributed by atoms with Crippen molar-refractivity contribution in [3.8, 4) is 11.5 Å². The molecule has 0 bridgehead atoms. The standard InChI is InChI=1S/C18H17FN2O4/c1-24-13-7-8-14(16(9-13)25-2)20-15-10-17(22)21(18(15)23)12-5-3-11(19)4-6-12/h3-9,15,20H,10H2,1-2H3. The van der Waals surface area contributed by atoms with E-state index in [9.17, 15) is 14.0 Å². The van der Waals surface area contributed by atoms with Crippen molar-refractivity contribution in [2.45, 2.75) is 12.5 Å². The molecule has 1 N–H and O–H groups in total. The largest absolute Gasteiger partial charge is 0.497 e. The van der Waals surface area contributed by atoms with Crippen LogP contribution < -0.4 is 19.7 Å². The van der Waals surface area contributed by atoms with E-state index in [1.807, 2.05) is 0 Å². The van der Waals surface area contributed by atoms with Crippen LogP contribution in [0.2, 0.25) is 0 Å². The number of hydrogen-bond acceptors (Lipinski definition) is 5. The van der Waals surface area contributed by atoms with E-state index in [-0.39, 0.29) is 12.3 Å². The molecule has 1 aliphatic heterocycles. The van der Waals surface area contributed by atoms with Crippen LogP contribution in [0.3, 0.4) is 0 Å². The maximum absolute atomic E-state index is 13.1. The number of carbonyl (C=O) groups is 2. The monoisotopic (exact) mass is 344 g/mol. The molecule has 1 aliphatic rings. The number of methoxy groups -OCH3 is 2. The van der Waals surface area contributed by atoms with Gasteiger partial charge in [0.05, 0.1) is 32.0 Å². The summed E-state index contributed by atoms with van der Waals surface area (Å²) in [5, 5.41) is 3.04. The lowest BCUT2D eigenvalue weighted by molar-refractivity contribution is -0.121. The Balaban J connectivity index is 1.82. The summed E-state index contributed by atoms with van der Waals surface area (Å²) in [5.41, 5.74) is 0.929. The number of carbonyl (C=O) groups excluding carboxylic acids is 2. The van der Waals surface area contributed by atoms with Crippen LogP contribution in [-0.2, 0) is 9.59 Å². The molecule has 130 valence electrons. The van der Waals surface area contributed by atoms with Gasteiger partial charge in [0.1, 0.15) is 23.4 Å². The van der Waals surface area contributed by atoms with E-state index < -0.39 is 17.8 Å². The molecule has 0 aromatic heterocycles. The third-order valence-corrected chi connectivity index (χ3v) is 3.97. The summed E-state index contributed by atoms with van der Waals surface area (Å²) in [5.74, 6) is -0.0550. The maximum atomic E-state index is 13.1. The van der Waals surface area contributed by atoms with Gasteiger partial charge < -0.3 is 14.8 Å². The Morgan fingerprint density at radius 1 is 1.08 bits per heavy atom. The number of imide groups is 1. The molecule has 1 fully saturated rings. The van der Waals surface area contributed by atoms with Gasteiger partial charge in [0.25, 0.3) is 5.91 Å². The van der Waals surface area contributed by atoms with E-state index in [2.05, 4.69) is 5.32 Å². The first-order valence-electron chi connectivity index (χ1n) is 7.64. The van der Waals surface area contributed by atoms with Crippen LogP contribution in [0, 0.1) is 5.82 Å². The summed E-state index contributed by atoms with van der Waals surface area (Å²) in [6.07, 6.45) is 0.00535. The fourth-order valence-electron chi connectivity index (χ4n) is 2.71. The number of nitrogens with one attached hydrogen (secondary N) is 1. The fourth-order valence-corrected chi connectivity index (χ4v) is 2.71. The lowest BCUT2D eigenvalue weighted by Crippen LogP contribution is -2.34. The van der Waals surface area contributed by atoms with Crippen molar-refractivity contribution in [3.05, 3.63) is 48.3 Å². The zero-order valence-electron chi connectivity index (χ0n) is 13.8. The number of amides is 2. The summed E-state index contributed by atoms with van der Waals surface area (Å²) >= 11 is 0. The van der Waals surface area contributed by atoms with Crippen molar-refractivity contribution < 1.29 is 23.5 Å². The van der Waals surface area contributed by atoms with E-state index in [0.29, 0.717) is 22.9 Å². The lowest BCUT2D eigenvalue weighted by atomic mass is 10.2. The van der Waals surface area contributed by atoms with Crippen LogP contribution in [-0.4, -0.2) is 32.1 Å². The molecule has 0 saturated carbocycles. The molecule has 2 amide bonds. The molecular formula is C18H17FN2O4. The van der Waals surface area contributed by atoms with Crippen LogP contribution in [0.1, 0.15) is 6.42 Å². The molecule has 0 aliphatic carbocycles. The van der Waals surface area contributed by atoms with Crippen molar-refractivity contribution >= 4 is 23.2 Å². The van der Waals surface area contributed by atoms with Crippen molar-refractivity contribution in [2.75, 3.05) is 24.4 Å². The van der Waals surface area contributed by atoms with E-state index in [1.54, 1.807) is 25.3 Å². The van der Waals surface area contributed by atoms with Gasteiger partial charge in [-0.05, 0) is 36.4 Å². The lowest BCUT2D eigenvalue weighted by Gasteiger charge is -2.17. The van der Waals surface area contributed by atoms with E-state index >= 15 is 0 Å². The summed E-state index contributed by atoms with van der Waals surface area (Å²) in [4.78, 5) is 25.9. The Kier molecular flexibility index (Phi) is 4.56. The predicted molar refractivity (Wildman–Crippen MR) is 90.5 cm³/mol. The predicted octanol–water partition coefficient (Wildman–Crippen LogP) is 2.59. The van der Waals surface area contributed by atoms with Crippen LogP contribution in [0.4, 0.5) is 15.8 Å². The second-order valence-corrected chi connectivity index (χ2v) is 5.51. The van der Waals surface area contributed by atoms with Crippen LogP contribution in [0.25, 0.3) is 0 Å². The summed E-state index contributed by atoms with van der Waals surface area (Å²) in [7, 11) is 3.05. The Morgan fingerprint density at radius 2 is 1.80 bits per heavy atom. The molecule has 3 rings (SSSR count). The third-order valence-electron chi connectivity index (χ3n) is 3.97. The van der Waals surface area contributed by atoms with Crippen molar-refractivity contribution in [1.29, 1.82) is 0 Å². The first-order valence-corrected chi connectivity index (χ1v) is 7.64. The zero-order chi connectivity index (χ0) is 18.0. The summed E-state index contributed by atoms with van der Waals surface area (Å²) < 4.78 is 23.5. The zero-order valence-corrected chi connectivity index (χ0v) is 13.8. The smallest absolute Gasteiger partial charge is 0.256 e. The van der Waals surface area contributed by atoms with E-state index in [0.717, 1.165) is 4.90 Å². The highest BCUT2D eigenvalue weighted by Crippen LogP contribution is 2.32. The van der Waals surface area contributed by atoms with Gasteiger partial charge in [0, 0.05) is 6.07 Å². The highest BCUT2D eigenvalue weighted by Gasteiger charge is 2.39. The van der Waals surface area contributed by atoms with E-state index in [1.165, 1.54) is 31.4 Å². The number of ether oxygens (including phenoxy) is 2. The van der Waals surface area contributed by atoms with E-state index in [4.69, 9.17) is 9.47 Å². The number of halogens is 1. The summed E-state index contributed by atoms with van der Waals surface area (Å²) in [6, 6.07) is 9.64. The average Bonchev–Trinajstić information content (AvgIpc) is 2.90. The molecule has 0 radical (unpaired) electrons. The Morgan fingerprint density at radius 3 is 2.44 bits per heavy atom.